The fraction of sp³-hybridized carbons (Fsp3) is 0.429. The van der Waals surface area contributed by atoms with Crippen LogP contribution < -0.4 is 5.56 Å². The Bertz CT molecular complexity index is 1310. The Morgan fingerprint density at radius 2 is 2.03 bits per heavy atom. The van der Waals surface area contributed by atoms with Crippen molar-refractivity contribution in [3.8, 4) is 5.82 Å². The predicted molar refractivity (Wildman–Crippen MR) is 109 cm³/mol. The second-order valence-electron chi connectivity index (χ2n) is 8.26. The molecule has 1 saturated carbocycles. The number of nitrogens with zero attached hydrogens (tertiary/aromatic N) is 6. The van der Waals surface area contributed by atoms with Crippen molar-refractivity contribution >= 4 is 16.6 Å². The van der Waals surface area contributed by atoms with Gasteiger partial charge in [0.05, 0.1) is 29.9 Å². The van der Waals surface area contributed by atoms with E-state index in [1.807, 2.05) is 24.3 Å². The maximum atomic E-state index is 13.6. The molecule has 0 radical (unpaired) electrons. The van der Waals surface area contributed by atoms with Crippen LogP contribution in [0.15, 0.2) is 41.6 Å². The number of hydrogen-bond acceptors (Lipinski definition) is 6. The molecule has 1 saturated heterocycles. The summed E-state index contributed by atoms with van der Waals surface area (Å²) in [6, 6.07) is 7.81. The lowest BCUT2D eigenvalue weighted by atomic mass is 10.1. The van der Waals surface area contributed by atoms with Gasteiger partial charge in [-0.2, -0.15) is 4.68 Å². The Labute approximate surface area is 171 Å². The molecule has 2 fully saturated rings. The van der Waals surface area contributed by atoms with Crippen molar-refractivity contribution in [3.05, 3.63) is 52.8 Å². The fourth-order valence-electron chi connectivity index (χ4n) is 4.31. The van der Waals surface area contributed by atoms with Crippen molar-refractivity contribution in [2.45, 2.75) is 50.4 Å². The van der Waals surface area contributed by atoms with Gasteiger partial charge in [-0.1, -0.05) is 17.3 Å². The Hall–Kier alpha value is -3.04. The minimum Gasteiger partial charge on any atom is -0.383 e. The van der Waals surface area contributed by atoms with Crippen LogP contribution in [0.1, 0.15) is 37.8 Å². The van der Waals surface area contributed by atoms with Crippen molar-refractivity contribution in [2.24, 2.45) is 0 Å². The van der Waals surface area contributed by atoms with Gasteiger partial charge in [0, 0.05) is 6.61 Å². The van der Waals surface area contributed by atoms with Crippen LogP contribution in [-0.2, 0) is 16.9 Å². The minimum absolute atomic E-state index is 0.0239. The summed E-state index contributed by atoms with van der Waals surface area (Å²) in [6.45, 7) is 1.24. The van der Waals surface area contributed by atoms with Gasteiger partial charge >= 0.3 is 0 Å². The van der Waals surface area contributed by atoms with E-state index in [0.717, 1.165) is 36.9 Å². The quantitative estimate of drug-likeness (QED) is 0.555. The molecule has 6 rings (SSSR count). The van der Waals surface area contributed by atoms with Crippen LogP contribution in [-0.4, -0.2) is 46.8 Å². The van der Waals surface area contributed by atoms with Crippen molar-refractivity contribution in [2.75, 3.05) is 6.61 Å². The molecule has 9 nitrogen and oxygen atoms in total. The molecule has 1 atom stereocenters. The number of aliphatic hydroxyl groups is 1. The molecule has 4 aromatic rings. The van der Waals surface area contributed by atoms with E-state index in [-0.39, 0.29) is 11.7 Å². The second kappa shape index (κ2) is 6.48. The van der Waals surface area contributed by atoms with Gasteiger partial charge in [0.15, 0.2) is 11.3 Å². The van der Waals surface area contributed by atoms with Crippen molar-refractivity contribution in [1.82, 2.24) is 28.9 Å². The molecule has 1 aliphatic carbocycles. The molecule has 0 spiro atoms. The average Bonchev–Trinajstić information content (AvgIpc) is 3.19. The molecule has 30 heavy (non-hydrogen) atoms. The van der Waals surface area contributed by atoms with Crippen LogP contribution in [0.2, 0.25) is 0 Å². The Balaban J connectivity index is 1.54. The normalized spacial score (nSPS) is 20.8. The van der Waals surface area contributed by atoms with Crippen molar-refractivity contribution in [1.29, 1.82) is 0 Å². The van der Waals surface area contributed by atoms with E-state index < -0.39 is 5.60 Å². The van der Waals surface area contributed by atoms with E-state index in [9.17, 15) is 9.90 Å². The summed E-state index contributed by atoms with van der Waals surface area (Å²) >= 11 is 0. The molecule has 1 aliphatic heterocycles. The van der Waals surface area contributed by atoms with Gasteiger partial charge in [0.2, 0.25) is 0 Å². The van der Waals surface area contributed by atoms with Gasteiger partial charge in [-0.3, -0.25) is 9.20 Å². The summed E-state index contributed by atoms with van der Waals surface area (Å²) in [7, 11) is 0. The third kappa shape index (κ3) is 2.69. The first-order valence-corrected chi connectivity index (χ1v) is 10.4. The van der Waals surface area contributed by atoms with E-state index in [4.69, 9.17) is 4.74 Å². The zero-order chi connectivity index (χ0) is 20.3. The SMILES string of the molecule is O=c1c2c(-n3cc(C4(O)CC4)nn3)ncn2c2ccccc2n1CC1CCCCO1. The lowest BCUT2D eigenvalue weighted by molar-refractivity contribution is 0.00619. The summed E-state index contributed by atoms with van der Waals surface area (Å²) in [5, 5.41) is 18.6. The molecule has 154 valence electrons. The maximum absolute atomic E-state index is 13.6. The van der Waals surface area contributed by atoms with Gasteiger partial charge in [0.25, 0.3) is 5.56 Å². The number of hydrogen-bond donors (Lipinski definition) is 1. The minimum atomic E-state index is -0.890. The number of para-hydroxylation sites is 2. The number of imidazole rings is 1. The topological polar surface area (TPSA) is 99.5 Å². The monoisotopic (exact) mass is 406 g/mol. The molecule has 3 aromatic heterocycles. The first-order valence-electron chi connectivity index (χ1n) is 10.4. The fourth-order valence-corrected chi connectivity index (χ4v) is 4.31. The number of fused-ring (bicyclic) bond motifs is 3. The highest BCUT2D eigenvalue weighted by Crippen LogP contribution is 2.44. The Morgan fingerprint density at radius 3 is 2.80 bits per heavy atom. The van der Waals surface area contributed by atoms with Crippen molar-refractivity contribution in [3.63, 3.8) is 0 Å². The first kappa shape index (κ1) is 17.8. The van der Waals surface area contributed by atoms with Crippen LogP contribution >= 0.6 is 0 Å². The van der Waals surface area contributed by atoms with Gasteiger partial charge in [0.1, 0.15) is 17.6 Å². The van der Waals surface area contributed by atoms with E-state index in [1.165, 1.54) is 4.68 Å². The molecule has 1 unspecified atom stereocenters. The third-order valence-corrected chi connectivity index (χ3v) is 6.20. The summed E-state index contributed by atoms with van der Waals surface area (Å²) in [5.74, 6) is 0.409. The zero-order valence-electron chi connectivity index (χ0n) is 16.4. The average molecular weight is 406 g/mol. The van der Waals surface area contributed by atoms with Crippen LogP contribution in [0.3, 0.4) is 0 Å². The van der Waals surface area contributed by atoms with Gasteiger partial charge < -0.3 is 14.4 Å². The molecule has 1 N–H and O–H groups in total. The van der Waals surface area contributed by atoms with E-state index >= 15 is 0 Å². The van der Waals surface area contributed by atoms with Crippen LogP contribution in [0.4, 0.5) is 0 Å². The molecule has 9 heteroatoms. The lowest BCUT2D eigenvalue weighted by Gasteiger charge is -2.24. The summed E-state index contributed by atoms with van der Waals surface area (Å²) < 4.78 is 11.0. The molecule has 2 aliphatic rings. The number of rotatable bonds is 4. The van der Waals surface area contributed by atoms with Gasteiger partial charge in [-0.15, -0.1) is 5.10 Å². The standard InChI is InChI=1S/C21H22N6O3/c28-20-18-19(27-12-17(23-24-27)21(29)8-9-21)22-13-26(18)16-7-2-1-6-15(16)25(20)11-14-5-3-4-10-30-14/h1-2,6-7,12-14,29H,3-5,8-11H2. The highest BCUT2D eigenvalue weighted by Gasteiger charge is 2.45. The Morgan fingerprint density at radius 1 is 1.20 bits per heavy atom. The van der Waals surface area contributed by atoms with Gasteiger partial charge in [-0.05, 0) is 44.2 Å². The lowest BCUT2D eigenvalue weighted by Crippen LogP contribution is -2.32. The van der Waals surface area contributed by atoms with Crippen molar-refractivity contribution < 1.29 is 9.84 Å². The zero-order valence-corrected chi connectivity index (χ0v) is 16.4. The predicted octanol–water partition coefficient (Wildman–Crippen LogP) is 1.78. The van der Waals surface area contributed by atoms with E-state index in [0.29, 0.717) is 36.4 Å². The number of benzene rings is 1. The third-order valence-electron chi connectivity index (χ3n) is 6.20. The number of ether oxygens (including phenoxy) is 1. The van der Waals surface area contributed by atoms with Crippen LogP contribution in [0.25, 0.3) is 22.4 Å². The van der Waals surface area contributed by atoms with E-state index in [1.54, 1.807) is 21.5 Å². The molecule has 0 amide bonds. The highest BCUT2D eigenvalue weighted by atomic mass is 16.5. The smallest absolute Gasteiger partial charge is 0.279 e. The molecular weight excluding hydrogens is 384 g/mol. The summed E-state index contributed by atoms with van der Waals surface area (Å²) in [5.41, 5.74) is 1.66. The van der Waals surface area contributed by atoms with Crippen LogP contribution in [0, 0.1) is 0 Å². The molecule has 1 aromatic carbocycles. The highest BCUT2D eigenvalue weighted by molar-refractivity contribution is 5.80. The number of aromatic nitrogens is 6. The van der Waals surface area contributed by atoms with E-state index in [2.05, 4.69) is 15.3 Å². The van der Waals surface area contributed by atoms with Crippen LogP contribution in [0.5, 0.6) is 0 Å². The summed E-state index contributed by atoms with van der Waals surface area (Å²) in [6.07, 6.45) is 7.81. The van der Waals surface area contributed by atoms with Gasteiger partial charge in [-0.25, -0.2) is 4.98 Å². The molecule has 0 bridgehead atoms. The molecule has 4 heterocycles. The second-order valence-corrected chi connectivity index (χ2v) is 8.26. The maximum Gasteiger partial charge on any atom is 0.279 e. The molecular formula is C21H22N6O3. The summed E-state index contributed by atoms with van der Waals surface area (Å²) in [4.78, 5) is 18.1. The Kier molecular flexibility index (Phi) is 3.84. The largest absolute Gasteiger partial charge is 0.383 e. The first-order chi connectivity index (χ1) is 14.6.